The highest BCUT2D eigenvalue weighted by Crippen LogP contribution is 2.26. The molecular formula is C23H28N4O6S. The average molecular weight is 489 g/mol. The number of anilines is 1. The third-order valence-corrected chi connectivity index (χ3v) is 6.84. The standard InChI is InChI=1S/C23H28N4O6S/c1-33-20-13-6-5-12-19(20)27-34(31,32)18-11-7-10-17(14-18)23(30)26-25-21(28)15-24-22(29)16-8-3-2-4-9-16/h5-7,10-14,16,27H,2-4,8-9,15H2,1H3,(H,24,29)(H,25,28)(H,26,30). The van der Waals surface area contributed by atoms with Crippen LogP contribution in [0.4, 0.5) is 5.69 Å². The summed E-state index contributed by atoms with van der Waals surface area (Å²) < 4.78 is 33.1. The fourth-order valence-electron chi connectivity index (χ4n) is 3.66. The van der Waals surface area contributed by atoms with Gasteiger partial charge in [0.25, 0.3) is 21.8 Å². The highest BCUT2D eigenvalue weighted by Gasteiger charge is 2.22. The van der Waals surface area contributed by atoms with E-state index in [1.54, 1.807) is 24.3 Å². The van der Waals surface area contributed by atoms with Gasteiger partial charge in [-0.1, -0.05) is 37.5 Å². The van der Waals surface area contributed by atoms with E-state index in [2.05, 4.69) is 20.9 Å². The van der Waals surface area contributed by atoms with E-state index in [9.17, 15) is 22.8 Å². The van der Waals surface area contributed by atoms with Crippen LogP contribution in [-0.2, 0) is 19.6 Å². The second-order valence-corrected chi connectivity index (χ2v) is 9.57. The average Bonchev–Trinajstić information content (AvgIpc) is 2.86. The number of ether oxygens (including phenoxy) is 1. The van der Waals surface area contributed by atoms with Crippen molar-refractivity contribution in [2.45, 2.75) is 37.0 Å². The SMILES string of the molecule is COc1ccccc1NS(=O)(=O)c1cccc(C(=O)NNC(=O)CNC(=O)C2CCCCC2)c1. The van der Waals surface area contributed by atoms with Crippen molar-refractivity contribution in [3.05, 3.63) is 54.1 Å². The smallest absolute Gasteiger partial charge is 0.269 e. The molecule has 182 valence electrons. The number of hydrogen-bond donors (Lipinski definition) is 4. The van der Waals surface area contributed by atoms with Gasteiger partial charge in [-0.05, 0) is 43.2 Å². The van der Waals surface area contributed by atoms with Crippen LogP contribution in [0.15, 0.2) is 53.4 Å². The maximum Gasteiger partial charge on any atom is 0.269 e. The van der Waals surface area contributed by atoms with E-state index >= 15 is 0 Å². The lowest BCUT2D eigenvalue weighted by atomic mass is 9.89. The molecule has 0 atom stereocenters. The molecule has 2 aromatic carbocycles. The summed E-state index contributed by atoms with van der Waals surface area (Å²) in [4.78, 5) is 36.4. The molecular weight excluding hydrogens is 460 g/mol. The van der Waals surface area contributed by atoms with Crippen molar-refractivity contribution in [3.8, 4) is 5.75 Å². The molecule has 0 bridgehead atoms. The van der Waals surface area contributed by atoms with E-state index in [-0.39, 0.29) is 34.5 Å². The van der Waals surface area contributed by atoms with Gasteiger partial charge in [-0.25, -0.2) is 8.42 Å². The largest absolute Gasteiger partial charge is 0.495 e. The van der Waals surface area contributed by atoms with Gasteiger partial charge in [-0.15, -0.1) is 0 Å². The highest BCUT2D eigenvalue weighted by molar-refractivity contribution is 7.92. The first-order valence-corrected chi connectivity index (χ1v) is 12.4. The van der Waals surface area contributed by atoms with Crippen LogP contribution < -0.4 is 25.6 Å². The number of rotatable bonds is 8. The summed E-state index contributed by atoms with van der Waals surface area (Å²) in [6.07, 6.45) is 4.76. The monoisotopic (exact) mass is 488 g/mol. The summed E-state index contributed by atoms with van der Waals surface area (Å²) in [5.41, 5.74) is 4.72. The van der Waals surface area contributed by atoms with Crippen LogP contribution in [0.1, 0.15) is 42.5 Å². The number of hydrazine groups is 1. The number of nitrogens with one attached hydrogen (secondary N) is 4. The predicted molar refractivity (Wildman–Crippen MR) is 125 cm³/mol. The number of amides is 3. The molecule has 1 aliphatic carbocycles. The maximum atomic E-state index is 12.8. The highest BCUT2D eigenvalue weighted by atomic mass is 32.2. The second kappa shape index (κ2) is 11.5. The van der Waals surface area contributed by atoms with Gasteiger partial charge in [-0.3, -0.25) is 30.0 Å². The summed E-state index contributed by atoms with van der Waals surface area (Å²) in [6, 6.07) is 11.9. The van der Waals surface area contributed by atoms with Gasteiger partial charge in [0.1, 0.15) is 5.75 Å². The molecule has 0 aliphatic heterocycles. The van der Waals surface area contributed by atoms with E-state index in [4.69, 9.17) is 4.74 Å². The molecule has 0 unspecified atom stereocenters. The lowest BCUT2D eigenvalue weighted by molar-refractivity contribution is -0.129. The predicted octanol–water partition coefficient (Wildman–Crippen LogP) is 1.95. The van der Waals surface area contributed by atoms with Crippen LogP contribution in [-0.4, -0.2) is 39.8 Å². The Morgan fingerprint density at radius 2 is 1.71 bits per heavy atom. The number of sulfonamides is 1. The minimum atomic E-state index is -4.01. The summed E-state index contributed by atoms with van der Waals surface area (Å²) in [7, 11) is -2.58. The van der Waals surface area contributed by atoms with Gasteiger partial charge in [0.05, 0.1) is 24.2 Å². The zero-order valence-electron chi connectivity index (χ0n) is 18.8. The molecule has 0 heterocycles. The Labute approximate surface area is 198 Å². The lowest BCUT2D eigenvalue weighted by Gasteiger charge is -2.20. The molecule has 0 radical (unpaired) electrons. The molecule has 3 rings (SSSR count). The number of para-hydroxylation sites is 2. The van der Waals surface area contributed by atoms with Crippen LogP contribution in [0.2, 0.25) is 0 Å². The Kier molecular flexibility index (Phi) is 8.47. The Hall–Kier alpha value is -3.60. The molecule has 34 heavy (non-hydrogen) atoms. The van der Waals surface area contributed by atoms with Gasteiger partial charge in [0.15, 0.2) is 0 Å². The number of carbonyl (C=O) groups is 3. The summed E-state index contributed by atoms with van der Waals surface area (Å²) >= 11 is 0. The van der Waals surface area contributed by atoms with Crippen LogP contribution >= 0.6 is 0 Å². The second-order valence-electron chi connectivity index (χ2n) is 7.89. The van der Waals surface area contributed by atoms with Gasteiger partial charge in [0.2, 0.25) is 5.91 Å². The molecule has 1 fully saturated rings. The lowest BCUT2D eigenvalue weighted by Crippen LogP contribution is -2.47. The molecule has 1 saturated carbocycles. The first kappa shape index (κ1) is 25.0. The molecule has 4 N–H and O–H groups in total. The van der Waals surface area contributed by atoms with Crippen molar-refractivity contribution in [1.29, 1.82) is 0 Å². The minimum Gasteiger partial charge on any atom is -0.495 e. The van der Waals surface area contributed by atoms with E-state index in [0.717, 1.165) is 32.1 Å². The maximum absolute atomic E-state index is 12.8. The van der Waals surface area contributed by atoms with Gasteiger partial charge < -0.3 is 10.1 Å². The summed E-state index contributed by atoms with van der Waals surface area (Å²) in [5, 5.41) is 2.58. The van der Waals surface area contributed by atoms with E-state index in [0.29, 0.717) is 5.75 Å². The van der Waals surface area contributed by atoms with Crippen molar-refractivity contribution >= 4 is 33.4 Å². The van der Waals surface area contributed by atoms with Crippen LogP contribution in [0.5, 0.6) is 5.75 Å². The molecule has 0 spiro atoms. The first-order valence-electron chi connectivity index (χ1n) is 10.9. The van der Waals surface area contributed by atoms with Crippen molar-refractivity contribution in [3.63, 3.8) is 0 Å². The number of carbonyl (C=O) groups excluding carboxylic acids is 3. The van der Waals surface area contributed by atoms with Gasteiger partial charge in [0, 0.05) is 11.5 Å². The van der Waals surface area contributed by atoms with Crippen molar-refractivity contribution in [2.24, 2.45) is 5.92 Å². The minimum absolute atomic E-state index is 0.0226. The van der Waals surface area contributed by atoms with Crippen molar-refractivity contribution < 1.29 is 27.5 Å². The zero-order valence-corrected chi connectivity index (χ0v) is 19.6. The van der Waals surface area contributed by atoms with Crippen LogP contribution in [0.3, 0.4) is 0 Å². The van der Waals surface area contributed by atoms with E-state index in [1.807, 2.05) is 0 Å². The van der Waals surface area contributed by atoms with Crippen molar-refractivity contribution in [1.82, 2.24) is 16.2 Å². The number of benzene rings is 2. The Bertz CT molecular complexity index is 1150. The molecule has 0 aromatic heterocycles. The number of hydrogen-bond acceptors (Lipinski definition) is 6. The molecule has 3 amide bonds. The topological polar surface area (TPSA) is 143 Å². The third-order valence-electron chi connectivity index (χ3n) is 5.47. The summed E-state index contributed by atoms with van der Waals surface area (Å²) in [5.74, 6) is -1.20. The van der Waals surface area contributed by atoms with Gasteiger partial charge >= 0.3 is 0 Å². The Morgan fingerprint density at radius 3 is 2.44 bits per heavy atom. The normalized spacial score (nSPS) is 14.0. The molecule has 11 heteroatoms. The molecule has 2 aromatic rings. The quantitative estimate of drug-likeness (QED) is 0.418. The van der Waals surface area contributed by atoms with Crippen molar-refractivity contribution in [2.75, 3.05) is 18.4 Å². The van der Waals surface area contributed by atoms with E-state index < -0.39 is 21.8 Å². The zero-order chi connectivity index (χ0) is 24.6. The Balaban J connectivity index is 1.55. The fourth-order valence-corrected chi connectivity index (χ4v) is 4.77. The summed E-state index contributed by atoms with van der Waals surface area (Å²) in [6.45, 7) is -0.271. The van der Waals surface area contributed by atoms with Crippen LogP contribution in [0.25, 0.3) is 0 Å². The first-order chi connectivity index (χ1) is 16.3. The third kappa shape index (κ3) is 6.70. The molecule has 1 aliphatic rings. The molecule has 0 saturated heterocycles. The van der Waals surface area contributed by atoms with Gasteiger partial charge in [-0.2, -0.15) is 0 Å². The molecule has 10 nitrogen and oxygen atoms in total. The number of methoxy groups -OCH3 is 1. The Morgan fingerprint density at radius 1 is 0.971 bits per heavy atom. The van der Waals surface area contributed by atoms with Crippen LogP contribution in [0, 0.1) is 5.92 Å². The fraction of sp³-hybridized carbons (Fsp3) is 0.348. The van der Waals surface area contributed by atoms with E-state index in [1.165, 1.54) is 31.4 Å².